The molecule has 13 aromatic carbocycles. The predicted molar refractivity (Wildman–Crippen MR) is 438 cm³/mol. The quantitative estimate of drug-likeness (QED) is 0.107. The van der Waals surface area contributed by atoms with Gasteiger partial charge in [-0.2, -0.15) is 0 Å². The Morgan fingerprint density at radius 1 is 0.388 bits per heavy atom. The molecule has 13 aromatic rings. The fourth-order valence-electron chi connectivity index (χ4n) is 14.7. The minimum Gasteiger partial charge on any atom is -1.00 e. The number of fused-ring (bicyclic) bond motifs is 10. The van der Waals surface area contributed by atoms with E-state index in [0.29, 0.717) is 5.92 Å². The number of piperidine rings is 2. The minimum absolute atomic E-state index is 0. The molecule has 0 radical (unpaired) electrons. The Balaban J connectivity index is 0.000000120. The van der Waals surface area contributed by atoms with Gasteiger partial charge in [0.1, 0.15) is 5.60 Å². The van der Waals surface area contributed by atoms with Gasteiger partial charge in [-0.3, -0.25) is 19.2 Å². The van der Waals surface area contributed by atoms with Crippen LogP contribution in [0.1, 0.15) is 123 Å². The third kappa shape index (κ3) is 16.3. The van der Waals surface area contributed by atoms with Crippen molar-refractivity contribution in [1.82, 2.24) is 4.90 Å². The van der Waals surface area contributed by atoms with Crippen molar-refractivity contribution in [2.24, 2.45) is 5.92 Å². The Morgan fingerprint density at radius 3 is 1.26 bits per heavy atom. The first-order chi connectivity index (χ1) is 49.5. The van der Waals surface area contributed by atoms with Crippen LogP contribution in [0.5, 0.6) is 0 Å². The van der Waals surface area contributed by atoms with Crippen molar-refractivity contribution in [1.29, 1.82) is 0 Å². The van der Waals surface area contributed by atoms with Gasteiger partial charge < -0.3 is 38.3 Å². The molecular weight excluding hydrogens is 1540 g/mol. The maximum atomic E-state index is 12.9. The number of anilines is 1. The van der Waals surface area contributed by atoms with Gasteiger partial charge in [0.2, 0.25) is 0 Å². The number of hydrogen-bond acceptors (Lipinski definition) is 7. The number of rotatable bonds is 3. The monoisotopic (exact) mass is 1620 g/mol. The van der Waals surface area contributed by atoms with Crippen LogP contribution in [0.4, 0.5) is 5.69 Å². The fourth-order valence-corrected chi connectivity index (χ4v) is 16.6. The summed E-state index contributed by atoms with van der Waals surface area (Å²) in [5, 5.41) is 22.7. The average molecular weight is 1620 g/mol. The molecule has 2 aliphatic heterocycles. The van der Waals surface area contributed by atoms with Crippen molar-refractivity contribution >= 4 is 159 Å². The van der Waals surface area contributed by atoms with Crippen LogP contribution >= 0.6 is 47.8 Å². The van der Waals surface area contributed by atoms with E-state index < -0.39 is 5.60 Å². The Bertz CT molecular complexity index is 5360. The molecular formula is C91H78Br4MgN2O5. The predicted octanol–water partition coefficient (Wildman–Crippen LogP) is 18.9. The molecule has 512 valence electrons. The van der Waals surface area contributed by atoms with E-state index in [1.165, 1.54) is 73.9 Å². The first-order valence-electron chi connectivity index (χ1n) is 35.4. The molecule has 2 saturated heterocycles. The normalized spacial score (nSPS) is 17.5. The number of nitrogens with zero attached hydrogens (tertiary/aromatic N) is 2. The molecule has 4 aliphatic carbocycles. The zero-order valence-corrected chi connectivity index (χ0v) is 65.1. The summed E-state index contributed by atoms with van der Waals surface area (Å²) in [7, 11) is 0. The first-order valence-corrected chi connectivity index (χ1v) is 38.0. The molecule has 4 fully saturated rings. The number of carbonyl (C=O) groups is 1. The largest absolute Gasteiger partial charge is 2.00 e. The molecule has 0 bridgehead atoms. The van der Waals surface area contributed by atoms with Gasteiger partial charge in [-0.25, -0.2) is 12.8 Å². The Hall–Kier alpha value is -7.91. The van der Waals surface area contributed by atoms with Gasteiger partial charge in [0.15, 0.2) is 22.1 Å². The van der Waals surface area contributed by atoms with Crippen LogP contribution in [0.15, 0.2) is 286 Å². The molecule has 2 saturated carbocycles. The van der Waals surface area contributed by atoms with Crippen molar-refractivity contribution in [3.05, 3.63) is 353 Å². The summed E-state index contributed by atoms with van der Waals surface area (Å²) < 4.78 is 0.950. The third-order valence-electron chi connectivity index (χ3n) is 20.1. The van der Waals surface area contributed by atoms with Crippen LogP contribution in [0.25, 0.3) is 76.4 Å². The van der Waals surface area contributed by atoms with E-state index in [2.05, 4.69) is 131 Å². The van der Waals surface area contributed by atoms with Crippen molar-refractivity contribution in [3.63, 3.8) is 0 Å². The van der Waals surface area contributed by atoms with E-state index in [1.54, 1.807) is 0 Å². The number of halogens is 4. The van der Waals surface area contributed by atoms with E-state index in [0.717, 1.165) is 142 Å². The zero-order chi connectivity index (χ0) is 69.4. The SMILES string of the molecule is O=C1c2ccccc2C(Br)C(Br)c2ccccc21.O=c1c2ccccc2cc(Br)c2ccccc12.O=c1c2ccccc2cc(N2CCCCC2)c2ccccc12.O=c1c2ccccc2ccc2ccccc12.OC1(C2CC2)c2ccccc2C=C(N2CCCCC2)c2ccccc21.[Br-].[CH-]1CC1.[Mg+2]. The number of hydrogen-bond donors (Lipinski definition) is 1. The van der Waals surface area contributed by atoms with Crippen LogP contribution in [0.2, 0.25) is 0 Å². The van der Waals surface area contributed by atoms with Gasteiger partial charge in [-0.05, 0) is 130 Å². The molecule has 3 atom stereocenters. The van der Waals surface area contributed by atoms with Gasteiger partial charge >= 0.3 is 23.1 Å². The van der Waals surface area contributed by atoms with E-state index in [-0.39, 0.29) is 71.8 Å². The molecule has 6 aliphatic rings. The first kappa shape index (κ1) is 74.8. The molecule has 19 rings (SSSR count). The van der Waals surface area contributed by atoms with E-state index >= 15 is 0 Å². The van der Waals surface area contributed by atoms with Crippen LogP contribution in [-0.4, -0.2) is 65.0 Å². The maximum Gasteiger partial charge on any atom is 2.00 e. The van der Waals surface area contributed by atoms with Gasteiger partial charge in [0.05, 0.1) is 9.65 Å². The molecule has 2 heterocycles. The summed E-state index contributed by atoms with van der Waals surface area (Å²) in [5.41, 5.74) is 10.2. The summed E-state index contributed by atoms with van der Waals surface area (Å²) in [4.78, 5) is 55.4. The molecule has 12 heteroatoms. The van der Waals surface area contributed by atoms with Gasteiger partial charge in [0.25, 0.3) is 0 Å². The van der Waals surface area contributed by atoms with E-state index in [4.69, 9.17) is 0 Å². The summed E-state index contributed by atoms with van der Waals surface area (Å²) in [6.07, 6.45) is 17.2. The molecule has 0 spiro atoms. The fraction of sp³-hybridized carbons (Fsp3) is 0.198. The van der Waals surface area contributed by atoms with Crippen molar-refractivity contribution < 1.29 is 26.9 Å². The second-order valence-corrected chi connectivity index (χ2v) is 29.6. The number of benzene rings is 10. The number of aliphatic hydroxyl groups is 1. The molecule has 7 nitrogen and oxygen atoms in total. The molecule has 1 N–H and O–H groups in total. The average Bonchev–Trinajstić information content (AvgIpc) is 1.58. The van der Waals surface area contributed by atoms with E-state index in [1.807, 2.05) is 206 Å². The van der Waals surface area contributed by atoms with Gasteiger partial charge in [-0.15, -0.1) is 0 Å². The number of likely N-dealkylation sites (tertiary alicyclic amines) is 1. The Morgan fingerprint density at radius 2 is 0.757 bits per heavy atom. The molecule has 0 aromatic heterocycles. The molecule has 3 unspecified atom stereocenters. The van der Waals surface area contributed by atoms with Crippen LogP contribution in [0, 0.1) is 12.3 Å². The van der Waals surface area contributed by atoms with Crippen LogP contribution in [-0.2, 0) is 5.60 Å². The van der Waals surface area contributed by atoms with Crippen molar-refractivity contribution in [2.75, 3.05) is 31.1 Å². The second kappa shape index (κ2) is 34.3. The zero-order valence-electron chi connectivity index (χ0n) is 57.4. The number of alkyl halides is 2. The number of ketones is 1. The summed E-state index contributed by atoms with van der Waals surface area (Å²) in [6.45, 7) is 4.39. The molecule has 0 amide bonds. The van der Waals surface area contributed by atoms with E-state index in [9.17, 15) is 24.3 Å². The second-order valence-electron chi connectivity index (χ2n) is 26.8. The Kier molecular flexibility index (Phi) is 24.9. The Labute approximate surface area is 654 Å². The number of carbonyl (C=O) groups excluding carboxylic acids is 1. The third-order valence-corrected chi connectivity index (χ3v) is 23.5. The van der Waals surface area contributed by atoms with Gasteiger partial charge in [-0.1, -0.05) is 303 Å². The summed E-state index contributed by atoms with van der Waals surface area (Å²) >= 11 is 10.9. The minimum atomic E-state index is -0.860. The maximum absolute atomic E-state index is 12.9. The standard InChI is InChI=1S/C23H25NO.C20H19NO.C15H10Br2O.C15H9BrO.C15H10O.C3H5.BrH.Mg/c25-23(18-12-13-18)20-10-4-2-8-17(20)16-22(24-14-6-1-7-15-24)19-9-3-5-11-21(19)23;22-20-16-9-3-2-8-15(16)14-19(21-12-6-1-7-13-21)17-10-4-5-11-18(17)20;16-13-9-5-1-3-7-11(9)15(18)12-8-4-2-6-10(12)14(13)17;16-14-9-10-5-1-2-6-11(10)15(17)13-8-4-3-7-12(13)14;16-15-13-7-3-1-5-11(13)9-10-12-6-2-4-8-14(12)15;1-2-3-1;;/h2-5,8-11,16,18,25H,1,6-7,12-15H2;2-5,8-11,14H,1,6-7,12-13H2;1-8,13-14H;1-9H;1-10H;1H,2-3H2;1H;/q;;;;;-1;;+2/p-1. The van der Waals surface area contributed by atoms with Crippen molar-refractivity contribution in [3.8, 4) is 0 Å². The van der Waals surface area contributed by atoms with Gasteiger partial charge in [0, 0.05) is 96.4 Å². The smallest absolute Gasteiger partial charge is 1.00 e. The molecule has 103 heavy (non-hydrogen) atoms. The summed E-state index contributed by atoms with van der Waals surface area (Å²) in [5.74, 6) is 0.441. The van der Waals surface area contributed by atoms with Crippen LogP contribution in [0.3, 0.4) is 0 Å². The van der Waals surface area contributed by atoms with Crippen molar-refractivity contribution in [2.45, 2.75) is 79.5 Å². The topological polar surface area (TPSA) is 95.0 Å². The van der Waals surface area contributed by atoms with Crippen LogP contribution < -0.4 is 38.2 Å². The summed E-state index contributed by atoms with van der Waals surface area (Å²) in [6, 6.07) is 87.4.